The van der Waals surface area contributed by atoms with Gasteiger partial charge in [0.05, 0.1) is 0 Å². The van der Waals surface area contributed by atoms with E-state index in [1.165, 1.54) is 12.1 Å². The van der Waals surface area contributed by atoms with Crippen LogP contribution in [0, 0.1) is 5.82 Å². The lowest BCUT2D eigenvalue weighted by Crippen LogP contribution is -2.09. The van der Waals surface area contributed by atoms with Crippen molar-refractivity contribution in [2.45, 2.75) is 5.88 Å². The molecule has 66 valence electrons. The number of nitrogens with zero attached hydrogens (tertiary/aromatic N) is 1. The highest BCUT2D eigenvalue weighted by Crippen LogP contribution is 2.17. The van der Waals surface area contributed by atoms with Crippen molar-refractivity contribution in [2.75, 3.05) is 19.0 Å². The molecule has 0 bridgehead atoms. The number of rotatable bonds is 2. The van der Waals surface area contributed by atoms with Crippen LogP contribution in [0.15, 0.2) is 18.2 Å². The molecule has 1 aromatic carbocycles. The van der Waals surface area contributed by atoms with E-state index in [0.717, 1.165) is 11.3 Å². The molecule has 0 aliphatic carbocycles. The maximum Gasteiger partial charge on any atom is 0.125 e. The lowest BCUT2D eigenvalue weighted by atomic mass is 10.2. The maximum absolute atomic E-state index is 12.9. The van der Waals surface area contributed by atoms with Gasteiger partial charge < -0.3 is 4.90 Å². The Kier molecular flexibility index (Phi) is 2.93. The van der Waals surface area contributed by atoms with Gasteiger partial charge in [0, 0.05) is 25.7 Å². The van der Waals surface area contributed by atoms with Gasteiger partial charge in [0.1, 0.15) is 5.82 Å². The lowest BCUT2D eigenvalue weighted by Gasteiger charge is -2.13. The molecule has 1 rings (SSSR count). The molecule has 0 spiro atoms. The first-order valence-corrected chi connectivity index (χ1v) is 4.19. The molecule has 0 saturated heterocycles. The van der Waals surface area contributed by atoms with Gasteiger partial charge in [-0.25, -0.2) is 4.39 Å². The number of benzene rings is 1. The highest BCUT2D eigenvalue weighted by molar-refractivity contribution is 6.17. The fraction of sp³-hybridized carbons (Fsp3) is 0.333. The Morgan fingerprint density at radius 1 is 1.33 bits per heavy atom. The molecule has 1 aromatic rings. The highest BCUT2D eigenvalue weighted by Gasteiger charge is 2.00. The second-order valence-corrected chi connectivity index (χ2v) is 3.11. The minimum atomic E-state index is -0.239. The Bertz CT molecular complexity index is 273. The highest BCUT2D eigenvalue weighted by atomic mass is 35.5. The first-order chi connectivity index (χ1) is 5.63. The molecule has 0 radical (unpaired) electrons. The van der Waals surface area contributed by atoms with Gasteiger partial charge >= 0.3 is 0 Å². The minimum absolute atomic E-state index is 0.239. The summed E-state index contributed by atoms with van der Waals surface area (Å²) in [6.45, 7) is 0. The average molecular weight is 188 g/mol. The summed E-state index contributed by atoms with van der Waals surface area (Å²) in [5.41, 5.74) is 1.64. The van der Waals surface area contributed by atoms with E-state index >= 15 is 0 Å². The van der Waals surface area contributed by atoms with E-state index < -0.39 is 0 Å². The van der Waals surface area contributed by atoms with Crippen molar-refractivity contribution in [3.63, 3.8) is 0 Å². The summed E-state index contributed by atoms with van der Waals surface area (Å²) >= 11 is 5.59. The molecule has 0 aliphatic rings. The van der Waals surface area contributed by atoms with Crippen molar-refractivity contribution in [1.29, 1.82) is 0 Å². The standard InChI is InChI=1S/C9H11ClFN/c1-12(2)9-4-7(6-10)3-8(11)5-9/h3-5H,6H2,1-2H3. The van der Waals surface area contributed by atoms with Gasteiger partial charge in [-0.2, -0.15) is 0 Å². The molecule has 0 aliphatic heterocycles. The van der Waals surface area contributed by atoms with Crippen molar-refractivity contribution in [3.05, 3.63) is 29.6 Å². The normalized spacial score (nSPS) is 10.0. The van der Waals surface area contributed by atoms with Crippen LogP contribution >= 0.6 is 11.6 Å². The van der Waals surface area contributed by atoms with Crippen molar-refractivity contribution in [3.8, 4) is 0 Å². The topological polar surface area (TPSA) is 3.24 Å². The van der Waals surface area contributed by atoms with Crippen LogP contribution in [0.2, 0.25) is 0 Å². The molecule has 1 nitrogen and oxygen atoms in total. The molecule has 0 unspecified atom stereocenters. The van der Waals surface area contributed by atoms with Crippen LogP contribution in [0.5, 0.6) is 0 Å². The third kappa shape index (κ3) is 2.11. The first-order valence-electron chi connectivity index (χ1n) is 3.66. The molecular weight excluding hydrogens is 177 g/mol. The molecule has 0 atom stereocenters. The maximum atomic E-state index is 12.9. The molecule has 3 heteroatoms. The second-order valence-electron chi connectivity index (χ2n) is 2.85. The summed E-state index contributed by atoms with van der Waals surface area (Å²) in [5, 5.41) is 0. The Morgan fingerprint density at radius 2 is 2.00 bits per heavy atom. The molecule has 0 saturated carbocycles. The third-order valence-corrected chi connectivity index (χ3v) is 1.92. The van der Waals surface area contributed by atoms with Crippen molar-refractivity contribution in [1.82, 2.24) is 0 Å². The largest absolute Gasteiger partial charge is 0.378 e. The lowest BCUT2D eigenvalue weighted by molar-refractivity contribution is 0.626. The summed E-state index contributed by atoms with van der Waals surface area (Å²) in [6.07, 6.45) is 0. The van der Waals surface area contributed by atoms with Crippen LogP contribution in [0.25, 0.3) is 0 Å². The van der Waals surface area contributed by atoms with Gasteiger partial charge in [0.15, 0.2) is 0 Å². The van der Waals surface area contributed by atoms with Gasteiger partial charge in [-0.15, -0.1) is 11.6 Å². The molecular formula is C9H11ClFN. The number of anilines is 1. The smallest absolute Gasteiger partial charge is 0.125 e. The van der Waals surface area contributed by atoms with Crippen LogP contribution in [-0.2, 0) is 5.88 Å². The van der Waals surface area contributed by atoms with Gasteiger partial charge in [0.25, 0.3) is 0 Å². The Hall–Kier alpha value is -0.760. The van der Waals surface area contributed by atoms with E-state index in [2.05, 4.69) is 0 Å². The van der Waals surface area contributed by atoms with Crippen molar-refractivity contribution < 1.29 is 4.39 Å². The van der Waals surface area contributed by atoms with E-state index in [0.29, 0.717) is 5.88 Å². The molecule has 12 heavy (non-hydrogen) atoms. The summed E-state index contributed by atoms with van der Waals surface area (Å²) in [7, 11) is 3.74. The van der Waals surface area contributed by atoms with Crippen molar-refractivity contribution in [2.24, 2.45) is 0 Å². The van der Waals surface area contributed by atoms with E-state index in [-0.39, 0.29) is 5.82 Å². The van der Waals surface area contributed by atoms with Gasteiger partial charge in [0.2, 0.25) is 0 Å². The van der Waals surface area contributed by atoms with E-state index in [4.69, 9.17) is 11.6 Å². The van der Waals surface area contributed by atoms with E-state index in [1.807, 2.05) is 25.1 Å². The first kappa shape index (κ1) is 9.33. The summed E-state index contributed by atoms with van der Waals surface area (Å²) < 4.78 is 12.9. The number of hydrogen-bond donors (Lipinski definition) is 0. The van der Waals surface area contributed by atoms with Gasteiger partial charge in [-0.05, 0) is 23.8 Å². The van der Waals surface area contributed by atoms with Gasteiger partial charge in [-0.1, -0.05) is 0 Å². The fourth-order valence-electron chi connectivity index (χ4n) is 0.969. The van der Waals surface area contributed by atoms with Crippen LogP contribution in [0.1, 0.15) is 5.56 Å². The Balaban J connectivity index is 3.06. The van der Waals surface area contributed by atoms with Crippen LogP contribution < -0.4 is 4.90 Å². The molecule has 0 amide bonds. The van der Waals surface area contributed by atoms with Crippen LogP contribution in [0.3, 0.4) is 0 Å². The zero-order valence-electron chi connectivity index (χ0n) is 7.14. The second kappa shape index (κ2) is 3.76. The third-order valence-electron chi connectivity index (χ3n) is 1.61. The zero-order valence-corrected chi connectivity index (χ0v) is 7.90. The predicted octanol–water partition coefficient (Wildman–Crippen LogP) is 2.63. The number of hydrogen-bond acceptors (Lipinski definition) is 1. The molecule has 0 aromatic heterocycles. The quantitative estimate of drug-likeness (QED) is 0.644. The zero-order chi connectivity index (χ0) is 9.14. The Morgan fingerprint density at radius 3 is 2.50 bits per heavy atom. The fourth-order valence-corrected chi connectivity index (χ4v) is 1.12. The minimum Gasteiger partial charge on any atom is -0.378 e. The summed E-state index contributed by atoms with van der Waals surface area (Å²) in [5.74, 6) is 0.107. The average Bonchev–Trinajstić information content (AvgIpc) is 2.03. The SMILES string of the molecule is CN(C)c1cc(F)cc(CCl)c1. The summed E-state index contributed by atoms with van der Waals surface area (Å²) in [4.78, 5) is 1.85. The number of alkyl halides is 1. The monoisotopic (exact) mass is 187 g/mol. The van der Waals surface area contributed by atoms with Crippen LogP contribution in [0.4, 0.5) is 10.1 Å². The van der Waals surface area contributed by atoms with E-state index in [1.54, 1.807) is 0 Å². The van der Waals surface area contributed by atoms with Gasteiger partial charge in [-0.3, -0.25) is 0 Å². The van der Waals surface area contributed by atoms with Crippen LogP contribution in [-0.4, -0.2) is 14.1 Å². The van der Waals surface area contributed by atoms with Crippen molar-refractivity contribution >= 4 is 17.3 Å². The van der Waals surface area contributed by atoms with E-state index in [9.17, 15) is 4.39 Å². The summed E-state index contributed by atoms with van der Waals surface area (Å²) in [6, 6.07) is 4.80. The molecule has 0 fully saturated rings. The number of halogens is 2. The Labute approximate surface area is 76.8 Å². The molecule has 0 N–H and O–H groups in total. The predicted molar refractivity (Wildman–Crippen MR) is 50.3 cm³/mol. The molecule has 0 heterocycles.